The zero-order valence-corrected chi connectivity index (χ0v) is 7.84. The van der Waals surface area contributed by atoms with Gasteiger partial charge in [0.2, 0.25) is 0 Å². The number of rotatable bonds is 1. The van der Waals surface area contributed by atoms with Gasteiger partial charge in [-0.05, 0) is 6.07 Å². The van der Waals surface area contributed by atoms with E-state index in [1.54, 1.807) is 0 Å². The summed E-state index contributed by atoms with van der Waals surface area (Å²) >= 11 is 11.3. The van der Waals surface area contributed by atoms with Gasteiger partial charge in [-0.25, -0.2) is 0 Å². The molecule has 0 spiro atoms. The lowest BCUT2D eigenvalue weighted by molar-refractivity contribution is 0.318. The number of nitrogens with two attached hydrogens (primary N) is 1. The van der Waals surface area contributed by atoms with Crippen LogP contribution in [0.2, 0.25) is 10.0 Å². The predicted octanol–water partition coefficient (Wildman–Crippen LogP) is 1.79. The maximum atomic E-state index is 9.12. The fraction of sp³-hybridized carbons (Fsp3) is 0. The molecule has 0 saturated carbocycles. The molecule has 0 radical (unpaired) electrons. The van der Waals surface area contributed by atoms with Crippen LogP contribution in [0.5, 0.6) is 5.75 Å². The van der Waals surface area contributed by atoms with E-state index in [9.17, 15) is 0 Å². The fourth-order valence-corrected chi connectivity index (χ4v) is 1.20. The highest BCUT2D eigenvalue weighted by atomic mass is 35.5. The molecular weight excluding hydrogens is 215 g/mol. The maximum Gasteiger partial charge on any atom is 0.171 e. The molecular formula is C7H6Cl2N2O2. The molecule has 13 heavy (non-hydrogen) atoms. The van der Waals surface area contributed by atoms with Crippen molar-refractivity contribution in [3.05, 3.63) is 27.7 Å². The van der Waals surface area contributed by atoms with E-state index in [1.165, 1.54) is 12.1 Å². The minimum Gasteiger partial charge on any atom is -0.506 e. The van der Waals surface area contributed by atoms with Gasteiger partial charge in [-0.1, -0.05) is 28.4 Å². The van der Waals surface area contributed by atoms with Crippen molar-refractivity contribution in [2.75, 3.05) is 0 Å². The second-order valence-electron chi connectivity index (χ2n) is 2.27. The Morgan fingerprint density at radius 1 is 1.31 bits per heavy atom. The van der Waals surface area contributed by atoms with Gasteiger partial charge in [0.25, 0.3) is 0 Å². The average Bonchev–Trinajstić information content (AvgIpc) is 2.10. The largest absolute Gasteiger partial charge is 0.506 e. The number of hydrogen-bond acceptors (Lipinski definition) is 3. The first-order valence-electron chi connectivity index (χ1n) is 3.22. The Hall–Kier alpha value is -1.13. The van der Waals surface area contributed by atoms with Gasteiger partial charge in [0, 0.05) is 11.6 Å². The van der Waals surface area contributed by atoms with Crippen LogP contribution in [-0.2, 0) is 0 Å². The molecule has 4 nitrogen and oxygen atoms in total. The molecule has 1 rings (SSSR count). The summed E-state index contributed by atoms with van der Waals surface area (Å²) in [6.07, 6.45) is 0. The molecule has 0 amide bonds. The summed E-state index contributed by atoms with van der Waals surface area (Å²) in [6.45, 7) is 0. The number of hydrogen-bond donors (Lipinski definition) is 3. The Labute approximate surface area is 84.2 Å². The van der Waals surface area contributed by atoms with E-state index in [4.69, 9.17) is 39.2 Å². The number of amidine groups is 1. The normalized spacial score (nSPS) is 11.7. The quantitative estimate of drug-likeness (QED) is 0.292. The number of benzene rings is 1. The van der Waals surface area contributed by atoms with Gasteiger partial charge in [0.05, 0.1) is 10.0 Å². The first kappa shape index (κ1) is 9.95. The van der Waals surface area contributed by atoms with Gasteiger partial charge in [0.15, 0.2) is 5.84 Å². The molecule has 4 N–H and O–H groups in total. The van der Waals surface area contributed by atoms with Gasteiger partial charge in [0.1, 0.15) is 5.75 Å². The number of nitrogens with zero attached hydrogens (tertiary/aromatic N) is 1. The first-order valence-corrected chi connectivity index (χ1v) is 3.97. The van der Waals surface area contributed by atoms with Crippen molar-refractivity contribution in [1.29, 1.82) is 0 Å². The molecule has 0 saturated heterocycles. The van der Waals surface area contributed by atoms with Gasteiger partial charge in [-0.2, -0.15) is 0 Å². The number of oxime groups is 1. The maximum absolute atomic E-state index is 9.12. The number of halogens is 2. The van der Waals surface area contributed by atoms with Crippen LogP contribution in [0.1, 0.15) is 5.56 Å². The van der Waals surface area contributed by atoms with Crippen LogP contribution in [0.4, 0.5) is 0 Å². The molecule has 70 valence electrons. The van der Waals surface area contributed by atoms with E-state index in [2.05, 4.69) is 5.16 Å². The van der Waals surface area contributed by atoms with Crippen molar-refractivity contribution in [3.63, 3.8) is 0 Å². The molecule has 0 heterocycles. The monoisotopic (exact) mass is 220 g/mol. The Balaban J connectivity index is 3.32. The number of phenols is 1. The lowest BCUT2D eigenvalue weighted by Gasteiger charge is -2.03. The summed E-state index contributed by atoms with van der Waals surface area (Å²) < 4.78 is 0. The van der Waals surface area contributed by atoms with E-state index < -0.39 is 0 Å². The van der Waals surface area contributed by atoms with Crippen molar-refractivity contribution >= 4 is 29.0 Å². The van der Waals surface area contributed by atoms with E-state index >= 15 is 0 Å². The lowest BCUT2D eigenvalue weighted by atomic mass is 10.2. The van der Waals surface area contributed by atoms with Crippen LogP contribution < -0.4 is 5.73 Å². The Morgan fingerprint density at radius 3 is 2.46 bits per heavy atom. The zero-order valence-electron chi connectivity index (χ0n) is 6.33. The second kappa shape index (κ2) is 3.72. The molecule has 0 fully saturated rings. The fourth-order valence-electron chi connectivity index (χ4n) is 0.786. The van der Waals surface area contributed by atoms with Crippen molar-refractivity contribution in [1.82, 2.24) is 0 Å². The first-order chi connectivity index (χ1) is 6.06. The van der Waals surface area contributed by atoms with Crippen molar-refractivity contribution in [2.45, 2.75) is 0 Å². The summed E-state index contributed by atoms with van der Waals surface area (Å²) in [5.74, 6) is -0.312. The zero-order chi connectivity index (χ0) is 10.0. The van der Waals surface area contributed by atoms with Crippen LogP contribution in [0, 0.1) is 0 Å². The van der Waals surface area contributed by atoms with Gasteiger partial charge in [-0.15, -0.1) is 0 Å². The molecule has 0 unspecified atom stereocenters. The minimum atomic E-state index is -0.160. The SMILES string of the molecule is N/C(=N\O)c1cc(Cl)c(O)cc1Cl. The third kappa shape index (κ3) is 1.96. The Kier molecular flexibility index (Phi) is 2.85. The van der Waals surface area contributed by atoms with E-state index in [-0.39, 0.29) is 27.2 Å². The molecule has 1 aromatic rings. The smallest absolute Gasteiger partial charge is 0.171 e. The van der Waals surface area contributed by atoms with Crippen LogP contribution in [0.15, 0.2) is 17.3 Å². The molecule has 1 aromatic carbocycles. The Bertz CT molecular complexity index is 366. The predicted molar refractivity (Wildman–Crippen MR) is 50.6 cm³/mol. The third-order valence-corrected chi connectivity index (χ3v) is 2.04. The van der Waals surface area contributed by atoms with E-state index in [0.29, 0.717) is 0 Å². The second-order valence-corrected chi connectivity index (χ2v) is 3.08. The molecule has 0 atom stereocenters. The highest BCUT2D eigenvalue weighted by molar-refractivity contribution is 6.36. The van der Waals surface area contributed by atoms with Crippen LogP contribution in [-0.4, -0.2) is 16.1 Å². The molecule has 0 aliphatic rings. The third-order valence-electron chi connectivity index (χ3n) is 1.42. The summed E-state index contributed by atoms with van der Waals surface area (Å²) in [6, 6.07) is 2.53. The van der Waals surface area contributed by atoms with Gasteiger partial charge < -0.3 is 16.0 Å². The highest BCUT2D eigenvalue weighted by Crippen LogP contribution is 2.29. The topological polar surface area (TPSA) is 78.8 Å². The number of aromatic hydroxyl groups is 1. The lowest BCUT2D eigenvalue weighted by Crippen LogP contribution is -2.13. The molecule has 0 aliphatic carbocycles. The van der Waals surface area contributed by atoms with Crippen LogP contribution in [0.25, 0.3) is 0 Å². The molecule has 0 bridgehead atoms. The average molecular weight is 221 g/mol. The van der Waals surface area contributed by atoms with Crippen molar-refractivity contribution in [3.8, 4) is 5.75 Å². The molecule has 0 aliphatic heterocycles. The van der Waals surface area contributed by atoms with E-state index in [1.807, 2.05) is 0 Å². The standard InChI is InChI=1S/C7H6Cl2N2O2/c8-4-2-6(12)5(9)1-3(4)7(10)11-13/h1-2,12-13H,(H2,10,11). The van der Waals surface area contributed by atoms with Crippen LogP contribution >= 0.6 is 23.2 Å². The number of phenolic OH excluding ortho intramolecular Hbond substituents is 1. The summed E-state index contributed by atoms with van der Waals surface area (Å²) in [7, 11) is 0. The van der Waals surface area contributed by atoms with E-state index in [0.717, 1.165) is 0 Å². The van der Waals surface area contributed by atoms with Gasteiger partial charge in [-0.3, -0.25) is 0 Å². The molecule has 6 heteroatoms. The minimum absolute atomic E-state index is 0.0889. The highest BCUT2D eigenvalue weighted by Gasteiger charge is 2.09. The van der Waals surface area contributed by atoms with Crippen LogP contribution in [0.3, 0.4) is 0 Å². The van der Waals surface area contributed by atoms with Crippen molar-refractivity contribution < 1.29 is 10.3 Å². The summed E-state index contributed by atoms with van der Waals surface area (Å²) in [5.41, 5.74) is 5.56. The van der Waals surface area contributed by atoms with Gasteiger partial charge >= 0.3 is 0 Å². The Morgan fingerprint density at radius 2 is 1.92 bits per heavy atom. The summed E-state index contributed by atoms with van der Waals surface area (Å²) in [5, 5.41) is 20.5. The van der Waals surface area contributed by atoms with Crippen molar-refractivity contribution in [2.24, 2.45) is 10.9 Å². The summed E-state index contributed by atoms with van der Waals surface area (Å²) in [4.78, 5) is 0. The molecule has 0 aromatic heterocycles.